The normalized spacial score (nSPS) is 13.1. The second kappa shape index (κ2) is 6.72. The van der Waals surface area contributed by atoms with Crippen LogP contribution in [-0.4, -0.2) is 24.0 Å². The summed E-state index contributed by atoms with van der Waals surface area (Å²) in [5.41, 5.74) is 2.94. The minimum Gasteiger partial charge on any atom is -0.482 e. The number of hydrogen-bond donors (Lipinski definition) is 0. The van der Waals surface area contributed by atoms with Crippen LogP contribution in [-0.2, 0) is 17.8 Å². The van der Waals surface area contributed by atoms with Crippen LogP contribution in [0.4, 0.5) is 0 Å². The zero-order valence-electron chi connectivity index (χ0n) is 12.5. The third kappa shape index (κ3) is 3.46. The quantitative estimate of drug-likeness (QED) is 0.870. The van der Waals surface area contributed by atoms with E-state index in [-0.39, 0.29) is 12.5 Å². The van der Waals surface area contributed by atoms with Crippen LogP contribution in [0.2, 0.25) is 5.02 Å². The van der Waals surface area contributed by atoms with Crippen LogP contribution in [0.25, 0.3) is 0 Å². The van der Waals surface area contributed by atoms with Crippen LogP contribution in [0.15, 0.2) is 42.5 Å². The highest BCUT2D eigenvalue weighted by atomic mass is 35.5. The van der Waals surface area contributed by atoms with Crippen molar-refractivity contribution >= 4 is 17.5 Å². The van der Waals surface area contributed by atoms with Crippen molar-refractivity contribution in [3.8, 4) is 11.8 Å². The SMILES string of the molecule is N#Cc1ccc(OCC(=O)N2CCc3ccccc3C2)c(Cl)c1. The van der Waals surface area contributed by atoms with Crippen LogP contribution in [0.1, 0.15) is 16.7 Å². The van der Waals surface area contributed by atoms with Crippen LogP contribution in [0.3, 0.4) is 0 Å². The van der Waals surface area contributed by atoms with Crippen molar-refractivity contribution in [2.45, 2.75) is 13.0 Å². The van der Waals surface area contributed by atoms with Gasteiger partial charge in [-0.3, -0.25) is 4.79 Å². The molecule has 0 unspecified atom stereocenters. The second-order valence-electron chi connectivity index (χ2n) is 5.38. The Labute approximate surface area is 139 Å². The molecule has 0 aliphatic carbocycles. The lowest BCUT2D eigenvalue weighted by Crippen LogP contribution is -2.38. The Morgan fingerprint density at radius 3 is 2.78 bits per heavy atom. The van der Waals surface area contributed by atoms with E-state index in [9.17, 15) is 4.79 Å². The summed E-state index contributed by atoms with van der Waals surface area (Å²) in [7, 11) is 0. The maximum Gasteiger partial charge on any atom is 0.260 e. The van der Waals surface area contributed by atoms with Gasteiger partial charge in [0.1, 0.15) is 5.75 Å². The molecule has 1 amide bonds. The molecule has 0 fully saturated rings. The van der Waals surface area contributed by atoms with Gasteiger partial charge in [-0.2, -0.15) is 5.26 Å². The molecule has 1 aliphatic heterocycles. The van der Waals surface area contributed by atoms with E-state index in [2.05, 4.69) is 6.07 Å². The van der Waals surface area contributed by atoms with Gasteiger partial charge in [0.15, 0.2) is 6.61 Å². The summed E-state index contributed by atoms with van der Waals surface area (Å²) in [5.74, 6) is 0.344. The largest absolute Gasteiger partial charge is 0.482 e. The monoisotopic (exact) mass is 326 g/mol. The summed E-state index contributed by atoms with van der Waals surface area (Å²) in [6, 6.07) is 14.9. The Morgan fingerprint density at radius 1 is 1.26 bits per heavy atom. The minimum absolute atomic E-state index is 0.0617. The van der Waals surface area contributed by atoms with E-state index in [0.717, 1.165) is 6.42 Å². The Balaban J connectivity index is 1.61. The molecule has 2 aromatic carbocycles. The first kappa shape index (κ1) is 15.4. The Bertz CT molecular complexity index is 783. The van der Waals surface area contributed by atoms with Gasteiger partial charge in [0, 0.05) is 13.1 Å². The molecule has 3 rings (SSSR count). The summed E-state index contributed by atoms with van der Waals surface area (Å²) in [4.78, 5) is 14.1. The molecule has 0 radical (unpaired) electrons. The van der Waals surface area contributed by atoms with Crippen LogP contribution < -0.4 is 4.74 Å². The molecule has 0 saturated heterocycles. The molecule has 0 aromatic heterocycles. The van der Waals surface area contributed by atoms with E-state index in [0.29, 0.717) is 29.4 Å². The minimum atomic E-state index is -0.0695. The lowest BCUT2D eigenvalue weighted by Gasteiger charge is -2.28. The molecule has 0 bridgehead atoms. The van der Waals surface area contributed by atoms with Crippen molar-refractivity contribution in [2.75, 3.05) is 13.2 Å². The molecule has 5 heteroatoms. The Hall–Kier alpha value is -2.51. The first-order valence-electron chi connectivity index (χ1n) is 7.34. The third-order valence-corrected chi connectivity index (χ3v) is 4.19. The standard InChI is InChI=1S/C18H15ClN2O2/c19-16-9-13(10-20)5-6-17(16)23-12-18(22)21-8-7-14-3-1-2-4-15(14)11-21/h1-6,9H,7-8,11-12H2. The third-order valence-electron chi connectivity index (χ3n) is 3.90. The fourth-order valence-corrected chi connectivity index (χ4v) is 2.86. The molecule has 0 atom stereocenters. The highest BCUT2D eigenvalue weighted by Crippen LogP contribution is 2.25. The number of carbonyl (C=O) groups is 1. The van der Waals surface area contributed by atoms with Gasteiger partial charge in [0.25, 0.3) is 5.91 Å². The molecule has 23 heavy (non-hydrogen) atoms. The smallest absolute Gasteiger partial charge is 0.260 e. The van der Waals surface area contributed by atoms with Gasteiger partial charge >= 0.3 is 0 Å². The highest BCUT2D eigenvalue weighted by Gasteiger charge is 2.20. The average Bonchev–Trinajstić information content (AvgIpc) is 2.59. The van der Waals surface area contributed by atoms with Crippen molar-refractivity contribution in [3.63, 3.8) is 0 Å². The summed E-state index contributed by atoms with van der Waals surface area (Å²) < 4.78 is 5.51. The Kier molecular flexibility index (Phi) is 4.50. The van der Waals surface area contributed by atoms with Gasteiger partial charge in [-0.15, -0.1) is 0 Å². The fourth-order valence-electron chi connectivity index (χ4n) is 2.63. The molecule has 0 saturated carbocycles. The van der Waals surface area contributed by atoms with Gasteiger partial charge < -0.3 is 9.64 Å². The summed E-state index contributed by atoms with van der Waals surface area (Å²) >= 11 is 6.04. The summed E-state index contributed by atoms with van der Waals surface area (Å²) in [6.45, 7) is 1.24. The number of ether oxygens (including phenoxy) is 1. The molecule has 4 nitrogen and oxygen atoms in total. The lowest BCUT2D eigenvalue weighted by molar-refractivity contribution is -0.134. The predicted molar refractivity (Wildman–Crippen MR) is 87.2 cm³/mol. The van der Waals surface area contributed by atoms with Crippen molar-refractivity contribution in [3.05, 3.63) is 64.2 Å². The van der Waals surface area contributed by atoms with Gasteiger partial charge in [0.05, 0.1) is 16.7 Å². The van der Waals surface area contributed by atoms with Gasteiger partial charge in [-0.05, 0) is 35.7 Å². The van der Waals surface area contributed by atoms with Gasteiger partial charge in [-0.1, -0.05) is 35.9 Å². The first-order valence-corrected chi connectivity index (χ1v) is 7.72. The topological polar surface area (TPSA) is 53.3 Å². The molecule has 1 heterocycles. The number of rotatable bonds is 3. The number of amides is 1. The average molecular weight is 327 g/mol. The predicted octanol–water partition coefficient (Wildman–Crippen LogP) is 3.18. The number of halogens is 1. The number of nitriles is 1. The number of carbonyl (C=O) groups excluding carboxylic acids is 1. The van der Waals surface area contributed by atoms with Crippen molar-refractivity contribution in [1.29, 1.82) is 5.26 Å². The highest BCUT2D eigenvalue weighted by molar-refractivity contribution is 6.32. The van der Waals surface area contributed by atoms with Crippen LogP contribution >= 0.6 is 11.6 Å². The van der Waals surface area contributed by atoms with E-state index in [1.165, 1.54) is 17.2 Å². The lowest BCUT2D eigenvalue weighted by atomic mass is 10.00. The van der Waals surface area contributed by atoms with Crippen LogP contribution in [0, 0.1) is 11.3 Å². The van der Waals surface area contributed by atoms with E-state index in [1.807, 2.05) is 24.3 Å². The maximum absolute atomic E-state index is 12.3. The molecule has 0 N–H and O–H groups in total. The fraction of sp³-hybridized carbons (Fsp3) is 0.222. The first-order chi connectivity index (χ1) is 11.2. The number of hydrogen-bond acceptors (Lipinski definition) is 3. The van der Waals surface area contributed by atoms with E-state index in [4.69, 9.17) is 21.6 Å². The van der Waals surface area contributed by atoms with E-state index in [1.54, 1.807) is 17.0 Å². The van der Waals surface area contributed by atoms with Crippen molar-refractivity contribution < 1.29 is 9.53 Å². The van der Waals surface area contributed by atoms with Gasteiger partial charge in [-0.25, -0.2) is 0 Å². The molecule has 116 valence electrons. The number of nitrogens with zero attached hydrogens (tertiary/aromatic N) is 2. The zero-order valence-corrected chi connectivity index (χ0v) is 13.2. The second-order valence-corrected chi connectivity index (χ2v) is 5.79. The van der Waals surface area contributed by atoms with Crippen LogP contribution in [0.5, 0.6) is 5.75 Å². The summed E-state index contributed by atoms with van der Waals surface area (Å²) in [5, 5.41) is 9.15. The number of benzene rings is 2. The molecular weight excluding hydrogens is 312 g/mol. The van der Waals surface area contributed by atoms with Crippen molar-refractivity contribution in [2.24, 2.45) is 0 Å². The molecule has 2 aromatic rings. The van der Waals surface area contributed by atoms with E-state index >= 15 is 0 Å². The van der Waals surface area contributed by atoms with E-state index < -0.39 is 0 Å². The van der Waals surface area contributed by atoms with Crippen molar-refractivity contribution in [1.82, 2.24) is 4.90 Å². The number of fused-ring (bicyclic) bond motifs is 1. The molecule has 1 aliphatic rings. The summed E-state index contributed by atoms with van der Waals surface area (Å²) in [6.07, 6.45) is 0.861. The molecule has 0 spiro atoms. The Morgan fingerprint density at radius 2 is 2.04 bits per heavy atom. The maximum atomic E-state index is 12.3. The van der Waals surface area contributed by atoms with Gasteiger partial charge in [0.2, 0.25) is 0 Å². The molecular formula is C18H15ClN2O2. The zero-order chi connectivity index (χ0) is 16.2.